The highest BCUT2D eigenvalue weighted by Crippen LogP contribution is 2.30. The summed E-state index contributed by atoms with van der Waals surface area (Å²) in [7, 11) is 0. The van der Waals surface area contributed by atoms with E-state index in [1.165, 1.54) is 0 Å². The molecule has 1 atom stereocenters. The van der Waals surface area contributed by atoms with Crippen LogP contribution in [0.2, 0.25) is 0 Å². The second-order valence-electron chi connectivity index (χ2n) is 8.39. The van der Waals surface area contributed by atoms with Gasteiger partial charge in [-0.1, -0.05) is 18.2 Å². The summed E-state index contributed by atoms with van der Waals surface area (Å²) >= 11 is 0. The Labute approximate surface area is 197 Å². The van der Waals surface area contributed by atoms with Crippen molar-refractivity contribution in [2.75, 3.05) is 44.2 Å². The lowest BCUT2D eigenvalue weighted by atomic mass is 10.2. The van der Waals surface area contributed by atoms with Gasteiger partial charge in [0.15, 0.2) is 11.5 Å². The number of hydrogen-bond acceptors (Lipinski definition) is 7. The number of pyridine rings is 2. The first kappa shape index (κ1) is 22.0. The second kappa shape index (κ2) is 9.96. The van der Waals surface area contributed by atoms with Gasteiger partial charge in [0.05, 0.1) is 6.54 Å². The fourth-order valence-electron chi connectivity index (χ4n) is 4.17. The summed E-state index contributed by atoms with van der Waals surface area (Å²) in [5.41, 5.74) is 0.475. The van der Waals surface area contributed by atoms with E-state index in [9.17, 15) is 9.59 Å². The van der Waals surface area contributed by atoms with Crippen LogP contribution in [0, 0.1) is 0 Å². The number of nitrogens with one attached hydrogen (secondary N) is 2. The van der Waals surface area contributed by atoms with Gasteiger partial charge in [-0.25, -0.2) is 4.98 Å². The fourth-order valence-corrected chi connectivity index (χ4v) is 4.17. The van der Waals surface area contributed by atoms with Crippen molar-refractivity contribution in [1.29, 1.82) is 0 Å². The summed E-state index contributed by atoms with van der Waals surface area (Å²) in [5.74, 6) is 1.89. The number of piperazine rings is 1. The SMILES string of the molecule is O=C(NCC1COc2ccccc2O1)c1ccc(CN2CCN(c3ccccn3)CC2)[nH]c1=O. The highest BCUT2D eigenvalue weighted by molar-refractivity contribution is 5.93. The number of rotatable bonds is 6. The molecule has 2 aliphatic heterocycles. The van der Waals surface area contributed by atoms with Gasteiger partial charge in [-0.05, 0) is 36.4 Å². The van der Waals surface area contributed by atoms with E-state index >= 15 is 0 Å². The van der Waals surface area contributed by atoms with Crippen LogP contribution in [0.5, 0.6) is 11.5 Å². The van der Waals surface area contributed by atoms with Gasteiger partial charge < -0.3 is 24.7 Å². The minimum Gasteiger partial charge on any atom is -0.486 e. The summed E-state index contributed by atoms with van der Waals surface area (Å²) in [5, 5.41) is 2.78. The van der Waals surface area contributed by atoms with Crippen LogP contribution in [0.25, 0.3) is 0 Å². The first-order chi connectivity index (χ1) is 16.7. The molecule has 4 heterocycles. The van der Waals surface area contributed by atoms with Gasteiger partial charge in [-0.3, -0.25) is 14.5 Å². The number of carbonyl (C=O) groups is 1. The van der Waals surface area contributed by atoms with Crippen molar-refractivity contribution in [3.8, 4) is 11.5 Å². The molecule has 1 saturated heterocycles. The number of carbonyl (C=O) groups excluding carboxylic acids is 1. The van der Waals surface area contributed by atoms with E-state index in [-0.39, 0.29) is 18.2 Å². The number of aromatic nitrogens is 2. The maximum Gasteiger partial charge on any atom is 0.261 e. The molecule has 2 aliphatic rings. The molecule has 2 aromatic heterocycles. The first-order valence-corrected chi connectivity index (χ1v) is 11.4. The van der Waals surface area contributed by atoms with Crippen LogP contribution in [0.4, 0.5) is 5.82 Å². The van der Waals surface area contributed by atoms with Crippen LogP contribution in [-0.2, 0) is 6.54 Å². The first-order valence-electron chi connectivity index (χ1n) is 11.4. The third-order valence-corrected chi connectivity index (χ3v) is 6.01. The summed E-state index contributed by atoms with van der Waals surface area (Å²) in [6.45, 7) is 4.69. The molecular formula is C25H27N5O4. The van der Waals surface area contributed by atoms with Gasteiger partial charge in [-0.2, -0.15) is 0 Å². The predicted molar refractivity (Wildman–Crippen MR) is 127 cm³/mol. The van der Waals surface area contributed by atoms with Crippen molar-refractivity contribution in [2.45, 2.75) is 12.6 Å². The van der Waals surface area contributed by atoms with Gasteiger partial charge in [-0.15, -0.1) is 0 Å². The molecule has 9 heteroatoms. The number of ether oxygens (including phenoxy) is 2. The standard InChI is InChI=1S/C25H27N5O4/c31-24(27-15-19-17-33-21-5-1-2-6-22(21)34-19)20-9-8-18(28-25(20)32)16-29-11-13-30(14-12-29)23-7-3-4-10-26-23/h1-10,19H,11-17H2,(H,27,31)(H,28,32). The average molecular weight is 462 g/mol. The quantitative estimate of drug-likeness (QED) is 0.576. The Bertz CT molecular complexity index is 1190. The van der Waals surface area contributed by atoms with E-state index in [4.69, 9.17) is 9.47 Å². The molecule has 2 N–H and O–H groups in total. The van der Waals surface area contributed by atoms with Gasteiger partial charge in [0.2, 0.25) is 0 Å². The lowest BCUT2D eigenvalue weighted by Crippen LogP contribution is -2.46. The number of para-hydroxylation sites is 2. The third-order valence-electron chi connectivity index (χ3n) is 6.01. The molecule has 0 radical (unpaired) electrons. The van der Waals surface area contributed by atoms with E-state index in [1.54, 1.807) is 18.3 Å². The molecule has 0 spiro atoms. The van der Waals surface area contributed by atoms with Crippen LogP contribution < -0.4 is 25.2 Å². The van der Waals surface area contributed by atoms with Crippen LogP contribution in [-0.4, -0.2) is 66.2 Å². The van der Waals surface area contributed by atoms with Gasteiger partial charge >= 0.3 is 0 Å². The summed E-state index contributed by atoms with van der Waals surface area (Å²) in [6, 6.07) is 16.7. The number of nitrogens with zero attached hydrogens (tertiary/aromatic N) is 3. The van der Waals surface area contributed by atoms with Crippen molar-refractivity contribution in [3.63, 3.8) is 0 Å². The van der Waals surface area contributed by atoms with Crippen LogP contribution in [0.3, 0.4) is 0 Å². The van der Waals surface area contributed by atoms with E-state index < -0.39 is 11.5 Å². The van der Waals surface area contributed by atoms with Crippen molar-refractivity contribution in [1.82, 2.24) is 20.2 Å². The molecular weight excluding hydrogens is 434 g/mol. The van der Waals surface area contributed by atoms with Crippen LogP contribution in [0.1, 0.15) is 16.1 Å². The molecule has 1 amide bonds. The minimum atomic E-state index is -0.431. The molecule has 5 rings (SSSR count). The maximum atomic E-state index is 12.6. The molecule has 176 valence electrons. The highest BCUT2D eigenvalue weighted by Gasteiger charge is 2.22. The minimum absolute atomic E-state index is 0.0841. The molecule has 1 aromatic carbocycles. The molecule has 0 aliphatic carbocycles. The molecule has 34 heavy (non-hydrogen) atoms. The maximum absolute atomic E-state index is 12.6. The molecule has 3 aromatic rings. The fraction of sp³-hybridized carbons (Fsp3) is 0.320. The van der Waals surface area contributed by atoms with Crippen LogP contribution >= 0.6 is 0 Å². The zero-order valence-corrected chi connectivity index (χ0v) is 18.8. The van der Waals surface area contributed by atoms with Crippen molar-refractivity contribution in [3.05, 3.63) is 82.4 Å². The highest BCUT2D eigenvalue weighted by atomic mass is 16.6. The van der Waals surface area contributed by atoms with E-state index in [2.05, 4.69) is 25.1 Å². The Kier molecular flexibility index (Phi) is 6.44. The summed E-state index contributed by atoms with van der Waals surface area (Å²) in [6.07, 6.45) is 1.49. The Morgan fingerprint density at radius 1 is 1.03 bits per heavy atom. The number of aromatic amines is 1. The number of benzene rings is 1. The van der Waals surface area contributed by atoms with Gasteiger partial charge in [0.1, 0.15) is 24.1 Å². The average Bonchev–Trinajstić information content (AvgIpc) is 2.88. The van der Waals surface area contributed by atoms with Crippen molar-refractivity contribution >= 4 is 11.7 Å². The predicted octanol–water partition coefficient (Wildman–Crippen LogP) is 1.66. The summed E-state index contributed by atoms with van der Waals surface area (Å²) in [4.78, 5) is 37.0. The monoisotopic (exact) mass is 461 g/mol. The Morgan fingerprint density at radius 2 is 1.82 bits per heavy atom. The molecule has 1 fully saturated rings. The largest absolute Gasteiger partial charge is 0.486 e. The number of H-pyrrole nitrogens is 1. The molecule has 0 bridgehead atoms. The Balaban J connectivity index is 1.12. The van der Waals surface area contributed by atoms with E-state index in [1.807, 2.05) is 42.5 Å². The van der Waals surface area contributed by atoms with E-state index in [0.717, 1.165) is 37.7 Å². The van der Waals surface area contributed by atoms with Crippen molar-refractivity contribution < 1.29 is 14.3 Å². The second-order valence-corrected chi connectivity index (χ2v) is 8.39. The number of hydrogen-bond donors (Lipinski definition) is 2. The number of anilines is 1. The summed E-state index contributed by atoms with van der Waals surface area (Å²) < 4.78 is 11.5. The zero-order valence-electron chi connectivity index (χ0n) is 18.8. The lowest BCUT2D eigenvalue weighted by Gasteiger charge is -2.35. The van der Waals surface area contributed by atoms with Gasteiger partial charge in [0.25, 0.3) is 11.5 Å². The Morgan fingerprint density at radius 3 is 2.59 bits per heavy atom. The Hall–Kier alpha value is -3.85. The molecule has 9 nitrogen and oxygen atoms in total. The van der Waals surface area contributed by atoms with Crippen molar-refractivity contribution in [2.24, 2.45) is 0 Å². The normalized spacial score (nSPS) is 17.9. The molecule has 1 unspecified atom stereocenters. The smallest absolute Gasteiger partial charge is 0.261 e. The molecule has 0 saturated carbocycles. The lowest BCUT2D eigenvalue weighted by molar-refractivity contribution is 0.0788. The number of fused-ring (bicyclic) bond motifs is 1. The topological polar surface area (TPSA) is 99.8 Å². The van der Waals surface area contributed by atoms with Gasteiger partial charge in [0, 0.05) is 44.6 Å². The van der Waals surface area contributed by atoms with Crippen LogP contribution in [0.15, 0.2) is 65.6 Å². The zero-order chi connectivity index (χ0) is 23.3. The number of amides is 1. The van der Waals surface area contributed by atoms with E-state index in [0.29, 0.717) is 24.7 Å². The third kappa shape index (κ3) is 5.04.